The summed E-state index contributed by atoms with van der Waals surface area (Å²) in [6, 6.07) is 10.6. The zero-order chi connectivity index (χ0) is 14.5. The van der Waals surface area contributed by atoms with Gasteiger partial charge in [0.05, 0.1) is 6.04 Å². The lowest BCUT2D eigenvalue weighted by atomic mass is 10.0. The Morgan fingerprint density at radius 2 is 2.10 bits per heavy atom. The number of primary amides is 1. The number of amides is 1. The summed E-state index contributed by atoms with van der Waals surface area (Å²) in [7, 11) is 0. The van der Waals surface area contributed by atoms with Gasteiger partial charge in [0, 0.05) is 25.7 Å². The van der Waals surface area contributed by atoms with E-state index in [-0.39, 0.29) is 17.9 Å². The molecule has 0 radical (unpaired) electrons. The first kappa shape index (κ1) is 15.0. The minimum atomic E-state index is -0.249. The van der Waals surface area contributed by atoms with Crippen molar-refractivity contribution in [2.75, 3.05) is 13.1 Å². The van der Waals surface area contributed by atoms with Crippen LogP contribution in [-0.4, -0.2) is 36.0 Å². The number of hydrogen-bond donors (Lipinski definition) is 2. The second kappa shape index (κ2) is 6.86. The number of likely N-dealkylation sites (tertiary alicyclic amines) is 1. The smallest absolute Gasteiger partial charge is 0.234 e. The van der Waals surface area contributed by atoms with E-state index in [2.05, 4.69) is 34.5 Å². The van der Waals surface area contributed by atoms with Gasteiger partial charge in [-0.25, -0.2) is 0 Å². The van der Waals surface area contributed by atoms with Crippen LogP contribution in [-0.2, 0) is 11.3 Å². The molecule has 0 aromatic heterocycles. The van der Waals surface area contributed by atoms with Gasteiger partial charge in [-0.1, -0.05) is 44.2 Å². The van der Waals surface area contributed by atoms with Crippen LogP contribution >= 0.6 is 0 Å². The zero-order valence-electron chi connectivity index (χ0n) is 12.4. The number of carbonyl (C=O) groups is 1. The molecule has 4 nitrogen and oxygen atoms in total. The molecule has 1 saturated heterocycles. The van der Waals surface area contributed by atoms with Crippen molar-refractivity contribution < 1.29 is 4.79 Å². The number of carbonyl (C=O) groups excluding carboxylic acids is 1. The van der Waals surface area contributed by atoms with E-state index in [0.717, 1.165) is 26.1 Å². The minimum absolute atomic E-state index is 0.225. The summed E-state index contributed by atoms with van der Waals surface area (Å²) in [4.78, 5) is 13.9. The zero-order valence-corrected chi connectivity index (χ0v) is 12.4. The second-order valence-electron chi connectivity index (χ2n) is 6.00. The Hall–Kier alpha value is -1.39. The lowest BCUT2D eigenvalue weighted by Crippen LogP contribution is -2.50. The molecule has 1 aromatic rings. The van der Waals surface area contributed by atoms with Gasteiger partial charge in [-0.2, -0.15) is 0 Å². The Balaban J connectivity index is 1.84. The summed E-state index contributed by atoms with van der Waals surface area (Å²) in [5.41, 5.74) is 6.80. The van der Waals surface area contributed by atoms with E-state index in [4.69, 9.17) is 5.73 Å². The maximum Gasteiger partial charge on any atom is 0.234 e. The molecule has 2 unspecified atom stereocenters. The van der Waals surface area contributed by atoms with Gasteiger partial charge in [0.1, 0.15) is 0 Å². The standard InChI is InChI=1S/C16H25N3O/c1-12(2)15(16(17)20)18-14-8-9-19(11-14)10-13-6-4-3-5-7-13/h3-7,12,14-15,18H,8-11H2,1-2H3,(H2,17,20). The fourth-order valence-electron chi connectivity index (χ4n) is 2.81. The first-order valence-corrected chi connectivity index (χ1v) is 7.38. The minimum Gasteiger partial charge on any atom is -0.368 e. The van der Waals surface area contributed by atoms with Crippen LogP contribution in [0, 0.1) is 5.92 Å². The van der Waals surface area contributed by atoms with Crippen molar-refractivity contribution in [2.45, 2.75) is 38.9 Å². The Bertz CT molecular complexity index is 433. The fourth-order valence-corrected chi connectivity index (χ4v) is 2.81. The Morgan fingerprint density at radius 1 is 1.40 bits per heavy atom. The van der Waals surface area contributed by atoms with Crippen LogP contribution < -0.4 is 11.1 Å². The van der Waals surface area contributed by atoms with E-state index in [9.17, 15) is 4.79 Å². The molecule has 1 aliphatic rings. The van der Waals surface area contributed by atoms with Crippen molar-refractivity contribution in [3.05, 3.63) is 35.9 Å². The van der Waals surface area contributed by atoms with E-state index >= 15 is 0 Å². The predicted molar refractivity (Wildman–Crippen MR) is 81.1 cm³/mol. The molecule has 3 N–H and O–H groups in total. The lowest BCUT2D eigenvalue weighted by Gasteiger charge is -2.24. The highest BCUT2D eigenvalue weighted by molar-refractivity contribution is 5.80. The summed E-state index contributed by atoms with van der Waals surface area (Å²) >= 11 is 0. The average molecular weight is 275 g/mol. The summed E-state index contributed by atoms with van der Waals surface area (Å²) in [6.07, 6.45) is 1.07. The molecule has 0 saturated carbocycles. The first-order valence-electron chi connectivity index (χ1n) is 7.38. The summed E-state index contributed by atoms with van der Waals surface area (Å²) in [5, 5.41) is 3.41. The molecule has 0 spiro atoms. The highest BCUT2D eigenvalue weighted by Gasteiger charge is 2.28. The van der Waals surface area contributed by atoms with Crippen LogP contribution in [0.25, 0.3) is 0 Å². The van der Waals surface area contributed by atoms with Gasteiger partial charge in [-0.05, 0) is 17.9 Å². The number of nitrogens with one attached hydrogen (secondary N) is 1. The first-order chi connectivity index (χ1) is 9.56. The van der Waals surface area contributed by atoms with Crippen LogP contribution in [0.4, 0.5) is 0 Å². The molecule has 2 rings (SSSR count). The van der Waals surface area contributed by atoms with Gasteiger partial charge in [0.2, 0.25) is 5.91 Å². The molecule has 1 aliphatic heterocycles. The van der Waals surface area contributed by atoms with Crippen molar-refractivity contribution in [1.29, 1.82) is 0 Å². The average Bonchev–Trinajstić information content (AvgIpc) is 2.84. The fraction of sp³-hybridized carbons (Fsp3) is 0.562. The second-order valence-corrected chi connectivity index (χ2v) is 6.00. The van der Waals surface area contributed by atoms with E-state index in [1.54, 1.807) is 0 Å². The summed E-state index contributed by atoms with van der Waals surface area (Å²) in [5.74, 6) is -0.0165. The third-order valence-electron chi connectivity index (χ3n) is 3.91. The molecule has 1 heterocycles. The largest absolute Gasteiger partial charge is 0.368 e. The van der Waals surface area contributed by atoms with Crippen molar-refractivity contribution in [2.24, 2.45) is 11.7 Å². The van der Waals surface area contributed by atoms with Crippen molar-refractivity contribution in [3.8, 4) is 0 Å². The van der Waals surface area contributed by atoms with Crippen molar-refractivity contribution >= 4 is 5.91 Å². The van der Waals surface area contributed by atoms with Crippen LogP contribution in [0.3, 0.4) is 0 Å². The molecular formula is C16H25N3O. The van der Waals surface area contributed by atoms with Gasteiger partial charge in [0.15, 0.2) is 0 Å². The maximum absolute atomic E-state index is 11.4. The van der Waals surface area contributed by atoms with Crippen LogP contribution in [0.1, 0.15) is 25.8 Å². The Labute approximate surface area is 121 Å². The van der Waals surface area contributed by atoms with Crippen molar-refractivity contribution in [1.82, 2.24) is 10.2 Å². The van der Waals surface area contributed by atoms with Crippen LogP contribution in [0.5, 0.6) is 0 Å². The quantitative estimate of drug-likeness (QED) is 0.824. The summed E-state index contributed by atoms with van der Waals surface area (Å²) in [6.45, 7) is 7.07. The molecule has 2 atom stereocenters. The molecule has 0 aliphatic carbocycles. The van der Waals surface area contributed by atoms with E-state index in [1.165, 1.54) is 5.56 Å². The molecule has 4 heteroatoms. The molecular weight excluding hydrogens is 250 g/mol. The number of rotatable bonds is 6. The molecule has 0 bridgehead atoms. The number of nitrogens with zero attached hydrogens (tertiary/aromatic N) is 1. The van der Waals surface area contributed by atoms with Gasteiger partial charge in [-0.3, -0.25) is 9.69 Å². The van der Waals surface area contributed by atoms with E-state index in [0.29, 0.717) is 6.04 Å². The van der Waals surface area contributed by atoms with Crippen molar-refractivity contribution in [3.63, 3.8) is 0 Å². The number of hydrogen-bond acceptors (Lipinski definition) is 3. The number of benzene rings is 1. The van der Waals surface area contributed by atoms with Crippen LogP contribution in [0.2, 0.25) is 0 Å². The highest BCUT2D eigenvalue weighted by Crippen LogP contribution is 2.15. The van der Waals surface area contributed by atoms with Crippen LogP contribution in [0.15, 0.2) is 30.3 Å². The molecule has 20 heavy (non-hydrogen) atoms. The predicted octanol–water partition coefficient (Wildman–Crippen LogP) is 1.36. The molecule has 1 fully saturated rings. The molecule has 1 amide bonds. The summed E-state index contributed by atoms with van der Waals surface area (Å²) < 4.78 is 0. The number of nitrogens with two attached hydrogens (primary N) is 1. The highest BCUT2D eigenvalue weighted by atomic mass is 16.1. The normalized spacial score (nSPS) is 21.2. The molecule has 110 valence electrons. The monoisotopic (exact) mass is 275 g/mol. The molecule has 1 aromatic carbocycles. The SMILES string of the molecule is CC(C)C(NC1CCN(Cc2ccccc2)C1)C(N)=O. The van der Waals surface area contributed by atoms with Gasteiger partial charge in [0.25, 0.3) is 0 Å². The van der Waals surface area contributed by atoms with Gasteiger partial charge < -0.3 is 11.1 Å². The Morgan fingerprint density at radius 3 is 2.70 bits per heavy atom. The third-order valence-corrected chi connectivity index (χ3v) is 3.91. The topological polar surface area (TPSA) is 58.4 Å². The van der Waals surface area contributed by atoms with E-state index in [1.807, 2.05) is 19.9 Å². The maximum atomic E-state index is 11.4. The lowest BCUT2D eigenvalue weighted by molar-refractivity contribution is -0.121. The van der Waals surface area contributed by atoms with E-state index < -0.39 is 0 Å². The van der Waals surface area contributed by atoms with Gasteiger partial charge >= 0.3 is 0 Å². The van der Waals surface area contributed by atoms with Gasteiger partial charge in [-0.15, -0.1) is 0 Å². The third kappa shape index (κ3) is 4.05. The Kier molecular flexibility index (Phi) is 5.15.